The summed E-state index contributed by atoms with van der Waals surface area (Å²) >= 11 is 0. The van der Waals surface area contributed by atoms with Gasteiger partial charge in [0.1, 0.15) is 10.6 Å². The van der Waals surface area contributed by atoms with Gasteiger partial charge >= 0.3 is 10.2 Å². The van der Waals surface area contributed by atoms with E-state index in [1.165, 1.54) is 0 Å². The molecule has 19 heavy (non-hydrogen) atoms. The fourth-order valence-electron chi connectivity index (χ4n) is 1.75. The first-order valence-corrected chi connectivity index (χ1v) is 6.69. The van der Waals surface area contributed by atoms with Crippen molar-refractivity contribution in [3.63, 3.8) is 0 Å². The third-order valence-corrected chi connectivity index (χ3v) is 3.42. The van der Waals surface area contributed by atoms with Crippen LogP contribution >= 0.6 is 0 Å². The Morgan fingerprint density at radius 1 is 1.16 bits per heavy atom. The lowest BCUT2D eigenvalue weighted by Gasteiger charge is -1.96. The number of aromatic nitrogens is 2. The van der Waals surface area contributed by atoms with Gasteiger partial charge in [0.25, 0.3) is 5.71 Å². The normalized spacial score (nSPS) is 11.8. The Morgan fingerprint density at radius 2 is 1.89 bits per heavy atom. The zero-order valence-corrected chi connectivity index (χ0v) is 10.3. The first kappa shape index (κ1) is 11.8. The van der Waals surface area contributed by atoms with E-state index in [4.69, 9.17) is 4.52 Å². The van der Waals surface area contributed by atoms with E-state index in [1.54, 1.807) is 24.3 Å². The van der Waals surface area contributed by atoms with E-state index >= 15 is 0 Å². The lowest BCUT2D eigenvalue weighted by atomic mass is 10.1. The molecule has 0 radical (unpaired) electrons. The van der Waals surface area contributed by atoms with Crippen LogP contribution < -0.4 is 0 Å². The Balaban J connectivity index is 2.28. The molecule has 96 valence electrons. The van der Waals surface area contributed by atoms with E-state index in [2.05, 4.69) is 10.1 Å². The molecule has 2 aromatic heterocycles. The van der Waals surface area contributed by atoms with Crippen LogP contribution in [0.5, 0.6) is 0 Å². The highest BCUT2D eigenvalue weighted by atomic mass is 32.3. The highest BCUT2D eigenvalue weighted by molar-refractivity contribution is 7.86. The molecule has 5 nitrogen and oxygen atoms in total. The summed E-state index contributed by atoms with van der Waals surface area (Å²) in [6.45, 7) is 0. The minimum atomic E-state index is -4.80. The number of nitrogens with zero attached hydrogens (tertiary/aromatic N) is 2. The molecule has 0 aliphatic heterocycles. The van der Waals surface area contributed by atoms with E-state index < -0.39 is 15.1 Å². The number of hydrogen-bond acceptors (Lipinski definition) is 5. The average Bonchev–Trinajstić information content (AvgIpc) is 2.81. The molecule has 3 rings (SSSR count). The van der Waals surface area contributed by atoms with Gasteiger partial charge in [0.15, 0.2) is 0 Å². The summed E-state index contributed by atoms with van der Waals surface area (Å²) in [6, 6.07) is 10.2. The van der Waals surface area contributed by atoms with Crippen LogP contribution in [0.2, 0.25) is 0 Å². The van der Waals surface area contributed by atoms with Crippen LogP contribution in [0.15, 0.2) is 52.0 Å². The number of fused-ring (bicyclic) bond motifs is 1. The van der Waals surface area contributed by atoms with Crippen molar-refractivity contribution in [2.45, 2.75) is 4.90 Å². The van der Waals surface area contributed by atoms with E-state index in [0.717, 1.165) is 17.8 Å². The van der Waals surface area contributed by atoms with Crippen LogP contribution in [0.3, 0.4) is 0 Å². The molecule has 0 amide bonds. The molecule has 0 bridgehead atoms. The van der Waals surface area contributed by atoms with Gasteiger partial charge in [0.05, 0.1) is 11.6 Å². The SMILES string of the molecule is O=S(=O)(F)c1cnc2onc(-c3ccccc3)c2c1. The second-order valence-electron chi connectivity index (χ2n) is 3.86. The molecular weight excluding hydrogens is 271 g/mol. The third-order valence-electron chi connectivity index (χ3n) is 2.63. The number of halogens is 1. The van der Waals surface area contributed by atoms with Crippen molar-refractivity contribution in [3.8, 4) is 11.3 Å². The maximum absolute atomic E-state index is 13.0. The predicted octanol–water partition coefficient (Wildman–Crippen LogP) is 2.55. The van der Waals surface area contributed by atoms with E-state index in [-0.39, 0.29) is 5.71 Å². The minimum absolute atomic E-state index is 0.159. The molecule has 0 saturated heterocycles. The highest BCUT2D eigenvalue weighted by Gasteiger charge is 2.17. The second-order valence-corrected chi connectivity index (χ2v) is 5.21. The van der Waals surface area contributed by atoms with E-state index in [0.29, 0.717) is 11.1 Å². The molecule has 1 aromatic carbocycles. The fourth-order valence-corrected chi connectivity index (χ4v) is 2.19. The molecular formula is C12H7FN2O3S. The number of hydrogen-bond donors (Lipinski definition) is 0. The second kappa shape index (κ2) is 4.13. The van der Waals surface area contributed by atoms with Gasteiger partial charge in [-0.1, -0.05) is 35.5 Å². The molecule has 0 aliphatic rings. The Bertz CT molecular complexity index is 844. The summed E-state index contributed by atoms with van der Waals surface area (Å²) in [7, 11) is -4.80. The molecule has 3 aromatic rings. The highest BCUT2D eigenvalue weighted by Crippen LogP contribution is 2.28. The van der Waals surface area contributed by atoms with Crippen LogP contribution in [0.4, 0.5) is 3.89 Å². The van der Waals surface area contributed by atoms with Gasteiger partial charge in [-0.15, -0.1) is 3.89 Å². The van der Waals surface area contributed by atoms with Gasteiger partial charge in [0.2, 0.25) is 0 Å². The van der Waals surface area contributed by atoms with Crippen LogP contribution in [0.1, 0.15) is 0 Å². The van der Waals surface area contributed by atoms with Gasteiger partial charge in [-0.2, -0.15) is 8.42 Å². The van der Waals surface area contributed by atoms with Gasteiger partial charge in [-0.25, -0.2) is 4.98 Å². The van der Waals surface area contributed by atoms with Gasteiger partial charge in [0, 0.05) is 5.56 Å². The van der Waals surface area contributed by atoms with Gasteiger partial charge in [-0.05, 0) is 6.07 Å². The third kappa shape index (κ3) is 2.08. The molecule has 2 heterocycles. The Morgan fingerprint density at radius 3 is 2.58 bits per heavy atom. The number of pyridine rings is 1. The molecule has 0 atom stereocenters. The average molecular weight is 278 g/mol. The van der Waals surface area contributed by atoms with Crippen molar-refractivity contribution >= 4 is 21.3 Å². The molecule has 7 heteroatoms. The Kier molecular flexibility index (Phi) is 2.56. The molecule has 0 fully saturated rings. The zero-order valence-electron chi connectivity index (χ0n) is 9.45. The molecule has 0 N–H and O–H groups in total. The van der Waals surface area contributed by atoms with Crippen LogP contribution in [0.25, 0.3) is 22.4 Å². The monoisotopic (exact) mass is 278 g/mol. The van der Waals surface area contributed by atoms with Crippen molar-refractivity contribution < 1.29 is 16.8 Å². The summed E-state index contributed by atoms with van der Waals surface area (Å²) in [5, 5.41) is 4.19. The molecule has 0 aliphatic carbocycles. The van der Waals surface area contributed by atoms with Crippen LogP contribution in [-0.2, 0) is 10.2 Å². The topological polar surface area (TPSA) is 73.1 Å². The first-order valence-electron chi connectivity index (χ1n) is 5.31. The summed E-state index contributed by atoms with van der Waals surface area (Å²) in [6.07, 6.45) is 0.900. The molecule has 0 unspecified atom stereocenters. The van der Waals surface area contributed by atoms with Crippen molar-refractivity contribution in [1.82, 2.24) is 10.1 Å². The molecule has 0 saturated carbocycles. The zero-order chi connectivity index (χ0) is 13.5. The van der Waals surface area contributed by atoms with Crippen molar-refractivity contribution in [2.75, 3.05) is 0 Å². The predicted molar refractivity (Wildman–Crippen MR) is 65.5 cm³/mol. The number of rotatable bonds is 2. The van der Waals surface area contributed by atoms with Gasteiger partial charge < -0.3 is 4.52 Å². The van der Waals surface area contributed by atoms with E-state index in [9.17, 15) is 12.3 Å². The summed E-state index contributed by atoms with van der Waals surface area (Å²) in [4.78, 5) is 3.23. The Hall–Kier alpha value is -2.28. The van der Waals surface area contributed by atoms with Crippen LogP contribution in [0, 0.1) is 0 Å². The maximum atomic E-state index is 13.0. The summed E-state index contributed by atoms with van der Waals surface area (Å²) in [5.74, 6) is 0. The number of benzene rings is 1. The maximum Gasteiger partial charge on any atom is 0.333 e. The smallest absolute Gasteiger partial charge is 0.333 e. The molecule has 0 spiro atoms. The lowest BCUT2D eigenvalue weighted by molar-refractivity contribution is 0.451. The Labute approximate surface area is 107 Å². The standard InChI is InChI=1S/C12H7FN2O3S/c13-19(16,17)9-6-10-11(8-4-2-1-3-5-8)15-18-12(10)14-7-9/h1-7H. The largest absolute Gasteiger partial charge is 0.335 e. The summed E-state index contributed by atoms with van der Waals surface area (Å²) in [5.41, 5.74) is 1.32. The van der Waals surface area contributed by atoms with Crippen molar-refractivity contribution in [3.05, 3.63) is 42.6 Å². The summed E-state index contributed by atoms with van der Waals surface area (Å²) < 4.78 is 39.7. The van der Waals surface area contributed by atoms with Crippen molar-refractivity contribution in [1.29, 1.82) is 0 Å². The quantitative estimate of drug-likeness (QED) is 0.673. The minimum Gasteiger partial charge on any atom is -0.335 e. The van der Waals surface area contributed by atoms with Crippen molar-refractivity contribution in [2.24, 2.45) is 0 Å². The van der Waals surface area contributed by atoms with Crippen LogP contribution in [-0.4, -0.2) is 18.6 Å². The van der Waals surface area contributed by atoms with Gasteiger partial charge in [-0.3, -0.25) is 0 Å². The van der Waals surface area contributed by atoms with E-state index in [1.807, 2.05) is 6.07 Å². The first-order chi connectivity index (χ1) is 9.05. The lowest BCUT2D eigenvalue weighted by Crippen LogP contribution is -1.92. The fraction of sp³-hybridized carbons (Fsp3) is 0.